The van der Waals surface area contributed by atoms with Gasteiger partial charge in [0.15, 0.2) is 5.16 Å². The quantitative estimate of drug-likeness (QED) is 0.664. The molecule has 0 aromatic carbocycles. The molecule has 4 fully saturated rings. The van der Waals surface area contributed by atoms with Crippen LogP contribution in [-0.2, 0) is 4.79 Å². The van der Waals surface area contributed by atoms with E-state index in [1.165, 1.54) is 50.3 Å². The molecule has 124 valence electrons. The summed E-state index contributed by atoms with van der Waals surface area (Å²) >= 11 is 1.41. The second-order valence-electron chi connectivity index (χ2n) is 7.89. The van der Waals surface area contributed by atoms with E-state index in [0.717, 1.165) is 17.8 Å². The van der Waals surface area contributed by atoms with E-state index < -0.39 is 0 Å². The highest BCUT2D eigenvalue weighted by Crippen LogP contribution is 2.61. The van der Waals surface area contributed by atoms with Crippen molar-refractivity contribution in [2.45, 2.75) is 56.6 Å². The van der Waals surface area contributed by atoms with Gasteiger partial charge in [-0.25, -0.2) is 9.97 Å². The molecule has 1 atom stereocenters. The first-order chi connectivity index (χ1) is 11.1. The topological polar surface area (TPSA) is 54.9 Å². The summed E-state index contributed by atoms with van der Waals surface area (Å²) in [6.07, 6.45) is 11.8. The number of hydrogen-bond acceptors (Lipinski definition) is 4. The molecule has 4 nitrogen and oxygen atoms in total. The number of rotatable bonds is 5. The van der Waals surface area contributed by atoms with Crippen LogP contribution in [0.15, 0.2) is 23.6 Å². The third-order valence-electron chi connectivity index (χ3n) is 6.26. The van der Waals surface area contributed by atoms with E-state index in [-0.39, 0.29) is 5.91 Å². The Balaban J connectivity index is 1.34. The van der Waals surface area contributed by atoms with E-state index in [1.54, 1.807) is 18.5 Å². The van der Waals surface area contributed by atoms with Gasteiger partial charge in [0.2, 0.25) is 5.91 Å². The molecule has 4 saturated carbocycles. The highest BCUT2D eigenvalue weighted by Gasteiger charge is 2.53. The molecule has 1 aromatic rings. The summed E-state index contributed by atoms with van der Waals surface area (Å²) < 4.78 is 0. The number of amides is 1. The van der Waals surface area contributed by atoms with Crippen molar-refractivity contribution < 1.29 is 4.79 Å². The normalized spacial score (nSPS) is 36.0. The van der Waals surface area contributed by atoms with Gasteiger partial charge >= 0.3 is 0 Å². The zero-order valence-corrected chi connectivity index (χ0v) is 14.5. The van der Waals surface area contributed by atoms with E-state index in [4.69, 9.17) is 0 Å². The van der Waals surface area contributed by atoms with Crippen molar-refractivity contribution >= 4 is 17.7 Å². The van der Waals surface area contributed by atoms with Crippen molar-refractivity contribution in [2.75, 3.05) is 5.75 Å². The molecule has 1 aromatic heterocycles. The molecule has 4 bridgehead atoms. The number of nitrogens with one attached hydrogen (secondary N) is 1. The fourth-order valence-electron chi connectivity index (χ4n) is 5.63. The lowest BCUT2D eigenvalue weighted by Gasteiger charge is -2.59. The van der Waals surface area contributed by atoms with Gasteiger partial charge in [-0.3, -0.25) is 4.79 Å². The Kier molecular flexibility index (Phi) is 4.08. The molecule has 0 radical (unpaired) electrons. The van der Waals surface area contributed by atoms with Crippen LogP contribution >= 0.6 is 11.8 Å². The van der Waals surface area contributed by atoms with Gasteiger partial charge in [0.1, 0.15) is 0 Å². The van der Waals surface area contributed by atoms with E-state index in [9.17, 15) is 4.79 Å². The molecular weight excluding hydrogens is 306 g/mol. The average Bonchev–Trinajstić information content (AvgIpc) is 2.52. The minimum absolute atomic E-state index is 0.116. The van der Waals surface area contributed by atoms with Crippen LogP contribution in [0.2, 0.25) is 0 Å². The van der Waals surface area contributed by atoms with E-state index >= 15 is 0 Å². The minimum atomic E-state index is 0.116. The lowest BCUT2D eigenvalue weighted by Crippen LogP contribution is -2.56. The van der Waals surface area contributed by atoms with Crippen LogP contribution in [0.1, 0.15) is 45.4 Å². The highest BCUT2D eigenvalue weighted by atomic mass is 32.2. The summed E-state index contributed by atoms with van der Waals surface area (Å²) in [5, 5.41) is 3.96. The molecule has 5 rings (SSSR count). The van der Waals surface area contributed by atoms with Crippen LogP contribution in [0.3, 0.4) is 0 Å². The number of hydrogen-bond donors (Lipinski definition) is 1. The van der Waals surface area contributed by atoms with Crippen molar-refractivity contribution in [3.8, 4) is 0 Å². The van der Waals surface area contributed by atoms with Crippen LogP contribution in [0.5, 0.6) is 0 Å². The summed E-state index contributed by atoms with van der Waals surface area (Å²) in [5.74, 6) is 3.29. The fourth-order valence-corrected chi connectivity index (χ4v) is 6.25. The third-order valence-corrected chi connectivity index (χ3v) is 7.13. The van der Waals surface area contributed by atoms with Crippen molar-refractivity contribution in [1.29, 1.82) is 0 Å². The van der Waals surface area contributed by atoms with Crippen molar-refractivity contribution in [3.05, 3.63) is 18.5 Å². The molecule has 23 heavy (non-hydrogen) atoms. The lowest BCUT2D eigenvalue weighted by atomic mass is 9.48. The number of aromatic nitrogens is 2. The standard InChI is InChI=1S/C18H25N3OS/c1-12(21-16(22)11-23-17-19-3-2-4-20-17)18-8-13-5-14(9-18)7-15(6-13)10-18/h2-4,12-15H,5-11H2,1H3,(H,21,22)/t12-,13?,14?,15?,18?/m0/s1. The van der Waals surface area contributed by atoms with Gasteiger partial charge < -0.3 is 5.32 Å². The van der Waals surface area contributed by atoms with Gasteiger partial charge in [-0.2, -0.15) is 0 Å². The minimum Gasteiger partial charge on any atom is -0.352 e. The number of nitrogens with zero attached hydrogens (tertiary/aromatic N) is 2. The van der Waals surface area contributed by atoms with Crippen LogP contribution < -0.4 is 5.32 Å². The maximum atomic E-state index is 12.3. The predicted octanol–water partition coefficient (Wildman–Crippen LogP) is 3.29. The van der Waals surface area contributed by atoms with Crippen LogP contribution in [-0.4, -0.2) is 27.7 Å². The van der Waals surface area contributed by atoms with Crippen molar-refractivity contribution in [1.82, 2.24) is 15.3 Å². The molecule has 1 amide bonds. The molecule has 0 aliphatic heterocycles. The van der Waals surface area contributed by atoms with E-state index in [0.29, 0.717) is 22.4 Å². The smallest absolute Gasteiger partial charge is 0.230 e. The second-order valence-corrected chi connectivity index (χ2v) is 8.83. The number of carbonyl (C=O) groups is 1. The highest BCUT2D eigenvalue weighted by molar-refractivity contribution is 7.99. The molecule has 1 N–H and O–H groups in total. The molecule has 4 aliphatic carbocycles. The maximum Gasteiger partial charge on any atom is 0.230 e. The summed E-state index contributed by atoms with van der Waals surface area (Å²) in [4.78, 5) is 20.6. The van der Waals surface area contributed by atoms with Gasteiger partial charge in [0.25, 0.3) is 0 Å². The van der Waals surface area contributed by atoms with Crippen molar-refractivity contribution in [2.24, 2.45) is 23.2 Å². The third kappa shape index (κ3) is 3.12. The van der Waals surface area contributed by atoms with Crippen molar-refractivity contribution in [3.63, 3.8) is 0 Å². The first-order valence-corrected chi connectivity index (χ1v) is 9.81. The Bertz CT molecular complexity index is 542. The Morgan fingerprint density at radius 1 is 1.22 bits per heavy atom. The number of carbonyl (C=O) groups excluding carboxylic acids is 1. The van der Waals surface area contributed by atoms with Gasteiger partial charge in [0.05, 0.1) is 5.75 Å². The van der Waals surface area contributed by atoms with Crippen LogP contribution in [0.4, 0.5) is 0 Å². The fraction of sp³-hybridized carbons (Fsp3) is 0.722. The van der Waals surface area contributed by atoms with Crippen LogP contribution in [0, 0.1) is 23.2 Å². The lowest BCUT2D eigenvalue weighted by molar-refractivity contribution is -0.123. The second kappa shape index (κ2) is 6.08. The maximum absolute atomic E-state index is 12.3. The molecule has 4 aliphatic rings. The Morgan fingerprint density at radius 2 is 1.78 bits per heavy atom. The van der Waals surface area contributed by atoms with E-state index in [2.05, 4.69) is 22.2 Å². The first kappa shape index (κ1) is 15.4. The number of thioether (sulfide) groups is 1. The first-order valence-electron chi connectivity index (χ1n) is 8.82. The summed E-state index contributed by atoms with van der Waals surface area (Å²) in [6, 6.07) is 2.08. The monoisotopic (exact) mass is 331 g/mol. The van der Waals surface area contributed by atoms with Gasteiger partial charge in [-0.05, 0) is 74.7 Å². The summed E-state index contributed by atoms with van der Waals surface area (Å²) in [5.41, 5.74) is 0.373. The predicted molar refractivity (Wildman–Crippen MR) is 91.0 cm³/mol. The zero-order chi connectivity index (χ0) is 15.9. The molecule has 0 unspecified atom stereocenters. The Hall–Kier alpha value is -1.10. The average molecular weight is 331 g/mol. The molecule has 0 spiro atoms. The molecule has 5 heteroatoms. The largest absolute Gasteiger partial charge is 0.352 e. The van der Waals surface area contributed by atoms with Crippen LogP contribution in [0.25, 0.3) is 0 Å². The zero-order valence-electron chi connectivity index (χ0n) is 13.7. The molecule has 0 saturated heterocycles. The SMILES string of the molecule is C[C@H](NC(=O)CSc1ncccn1)C12CC3CC(CC(C3)C1)C2. The van der Waals surface area contributed by atoms with E-state index in [1.807, 2.05) is 0 Å². The molecular formula is C18H25N3OS. The Morgan fingerprint density at radius 3 is 2.35 bits per heavy atom. The van der Waals surface area contributed by atoms with Gasteiger partial charge in [-0.15, -0.1) is 0 Å². The summed E-state index contributed by atoms with van der Waals surface area (Å²) in [7, 11) is 0. The summed E-state index contributed by atoms with van der Waals surface area (Å²) in [6.45, 7) is 2.23. The Labute approximate surface area is 142 Å². The molecule has 1 heterocycles. The van der Waals surface area contributed by atoms with Gasteiger partial charge in [-0.1, -0.05) is 11.8 Å². The van der Waals surface area contributed by atoms with Gasteiger partial charge in [0, 0.05) is 18.4 Å².